The Bertz CT molecular complexity index is 576. The molecule has 0 aliphatic carbocycles. The van der Waals surface area contributed by atoms with Gasteiger partial charge in [-0.25, -0.2) is 9.97 Å². The van der Waals surface area contributed by atoms with Crippen molar-refractivity contribution in [2.45, 2.75) is 5.16 Å². The SMILES string of the molecule is N#Cc1ccsc1NC(=O)CSc1ncccn1. The number of nitriles is 1. The molecule has 0 unspecified atom stereocenters. The van der Waals surface area contributed by atoms with Crippen LogP contribution in [0.4, 0.5) is 5.00 Å². The number of hydrogen-bond donors (Lipinski definition) is 1. The number of anilines is 1. The zero-order chi connectivity index (χ0) is 12.8. The van der Waals surface area contributed by atoms with E-state index in [9.17, 15) is 4.79 Å². The Hall–Kier alpha value is -1.91. The molecule has 0 aliphatic heterocycles. The zero-order valence-corrected chi connectivity index (χ0v) is 10.8. The van der Waals surface area contributed by atoms with Crippen LogP contribution in [-0.4, -0.2) is 21.6 Å². The monoisotopic (exact) mass is 276 g/mol. The number of rotatable bonds is 4. The Balaban J connectivity index is 1.88. The van der Waals surface area contributed by atoms with Crippen LogP contribution in [0, 0.1) is 11.3 Å². The highest BCUT2D eigenvalue weighted by Gasteiger charge is 2.09. The molecule has 1 amide bonds. The normalized spacial score (nSPS) is 9.72. The van der Waals surface area contributed by atoms with E-state index in [1.165, 1.54) is 23.1 Å². The lowest BCUT2D eigenvalue weighted by molar-refractivity contribution is -0.113. The number of thioether (sulfide) groups is 1. The van der Waals surface area contributed by atoms with Gasteiger partial charge in [-0.3, -0.25) is 4.79 Å². The Morgan fingerprint density at radius 2 is 2.28 bits per heavy atom. The largest absolute Gasteiger partial charge is 0.316 e. The third kappa shape index (κ3) is 3.29. The first-order valence-electron chi connectivity index (χ1n) is 4.97. The molecule has 0 spiro atoms. The number of amides is 1. The molecule has 7 heteroatoms. The Morgan fingerprint density at radius 3 is 3.00 bits per heavy atom. The summed E-state index contributed by atoms with van der Waals surface area (Å²) in [5.74, 6) is 0.0404. The summed E-state index contributed by atoms with van der Waals surface area (Å²) < 4.78 is 0. The highest BCUT2D eigenvalue weighted by Crippen LogP contribution is 2.22. The summed E-state index contributed by atoms with van der Waals surface area (Å²) in [6.45, 7) is 0. The lowest BCUT2D eigenvalue weighted by Crippen LogP contribution is -2.14. The van der Waals surface area contributed by atoms with E-state index in [-0.39, 0.29) is 11.7 Å². The lowest BCUT2D eigenvalue weighted by Gasteiger charge is -2.02. The maximum absolute atomic E-state index is 11.7. The fourth-order valence-corrected chi connectivity index (χ4v) is 2.50. The van der Waals surface area contributed by atoms with Crippen molar-refractivity contribution in [2.75, 3.05) is 11.1 Å². The maximum Gasteiger partial charge on any atom is 0.235 e. The molecule has 1 N–H and O–H groups in total. The fraction of sp³-hybridized carbons (Fsp3) is 0.0909. The predicted molar refractivity (Wildman–Crippen MR) is 70.4 cm³/mol. The van der Waals surface area contributed by atoms with Crippen LogP contribution in [0.3, 0.4) is 0 Å². The Morgan fingerprint density at radius 1 is 1.50 bits per heavy atom. The summed E-state index contributed by atoms with van der Waals surface area (Å²) in [4.78, 5) is 19.7. The highest BCUT2D eigenvalue weighted by atomic mass is 32.2. The molecule has 0 radical (unpaired) electrons. The van der Waals surface area contributed by atoms with Crippen LogP contribution < -0.4 is 5.32 Å². The molecule has 0 atom stereocenters. The summed E-state index contributed by atoms with van der Waals surface area (Å²) >= 11 is 2.58. The van der Waals surface area contributed by atoms with Gasteiger partial charge >= 0.3 is 0 Å². The summed E-state index contributed by atoms with van der Waals surface area (Å²) in [6, 6.07) is 5.41. The van der Waals surface area contributed by atoms with Crippen molar-refractivity contribution in [3.05, 3.63) is 35.5 Å². The van der Waals surface area contributed by atoms with E-state index in [0.717, 1.165) is 0 Å². The molecule has 18 heavy (non-hydrogen) atoms. The molecule has 0 aromatic carbocycles. The van der Waals surface area contributed by atoms with Crippen LogP contribution >= 0.6 is 23.1 Å². The fourth-order valence-electron chi connectivity index (χ4n) is 1.15. The second-order valence-corrected chi connectivity index (χ2v) is 5.00. The molecular weight excluding hydrogens is 268 g/mol. The molecule has 2 rings (SSSR count). The van der Waals surface area contributed by atoms with Gasteiger partial charge in [-0.1, -0.05) is 11.8 Å². The minimum atomic E-state index is -0.175. The van der Waals surface area contributed by atoms with Gasteiger partial charge in [0.05, 0.1) is 11.3 Å². The summed E-state index contributed by atoms with van der Waals surface area (Å²) in [6.07, 6.45) is 3.25. The first kappa shape index (κ1) is 12.5. The van der Waals surface area contributed by atoms with Crippen LogP contribution in [0.25, 0.3) is 0 Å². The number of nitrogens with one attached hydrogen (secondary N) is 1. The van der Waals surface area contributed by atoms with E-state index in [1.807, 2.05) is 6.07 Å². The van der Waals surface area contributed by atoms with Gasteiger partial charge in [0, 0.05) is 12.4 Å². The minimum Gasteiger partial charge on any atom is -0.316 e. The van der Waals surface area contributed by atoms with E-state index in [2.05, 4.69) is 15.3 Å². The van der Waals surface area contributed by atoms with Crippen LogP contribution in [-0.2, 0) is 4.79 Å². The van der Waals surface area contributed by atoms with Crippen LogP contribution in [0.15, 0.2) is 35.1 Å². The highest BCUT2D eigenvalue weighted by molar-refractivity contribution is 7.99. The van der Waals surface area contributed by atoms with Gasteiger partial charge in [-0.05, 0) is 17.5 Å². The summed E-state index contributed by atoms with van der Waals surface area (Å²) in [7, 11) is 0. The Labute approximate surface area is 112 Å². The zero-order valence-electron chi connectivity index (χ0n) is 9.16. The number of carbonyl (C=O) groups is 1. The third-order valence-electron chi connectivity index (χ3n) is 1.91. The van der Waals surface area contributed by atoms with E-state index in [4.69, 9.17) is 5.26 Å². The summed E-state index contributed by atoms with van der Waals surface area (Å²) in [5.41, 5.74) is 0.481. The lowest BCUT2D eigenvalue weighted by atomic mass is 10.3. The molecule has 0 bridgehead atoms. The van der Waals surface area contributed by atoms with Crippen molar-refractivity contribution in [3.8, 4) is 6.07 Å². The quantitative estimate of drug-likeness (QED) is 0.683. The van der Waals surface area contributed by atoms with E-state index < -0.39 is 0 Å². The average Bonchev–Trinajstić information content (AvgIpc) is 2.85. The van der Waals surface area contributed by atoms with Gasteiger partial charge in [-0.2, -0.15) is 5.26 Å². The second kappa shape index (κ2) is 6.14. The molecule has 0 aliphatic rings. The van der Waals surface area contributed by atoms with E-state index >= 15 is 0 Å². The van der Waals surface area contributed by atoms with Gasteiger partial charge in [0.15, 0.2) is 5.16 Å². The average molecular weight is 276 g/mol. The number of aromatic nitrogens is 2. The number of hydrogen-bond acceptors (Lipinski definition) is 6. The number of carbonyl (C=O) groups excluding carboxylic acids is 1. The molecule has 2 aromatic rings. The smallest absolute Gasteiger partial charge is 0.235 e. The van der Waals surface area contributed by atoms with Crippen LogP contribution in [0.5, 0.6) is 0 Å². The minimum absolute atomic E-state index is 0.175. The molecule has 0 saturated heterocycles. The van der Waals surface area contributed by atoms with Gasteiger partial charge in [-0.15, -0.1) is 11.3 Å². The van der Waals surface area contributed by atoms with Crippen molar-refractivity contribution in [2.24, 2.45) is 0 Å². The standard InChI is InChI=1S/C11H8N4OS2/c12-6-8-2-5-17-10(8)15-9(16)7-18-11-13-3-1-4-14-11/h1-5H,7H2,(H,15,16). The first-order chi connectivity index (χ1) is 8.79. The van der Waals surface area contributed by atoms with Crippen molar-refractivity contribution in [3.63, 3.8) is 0 Å². The van der Waals surface area contributed by atoms with Gasteiger partial charge in [0.2, 0.25) is 5.91 Å². The second-order valence-electron chi connectivity index (χ2n) is 3.14. The maximum atomic E-state index is 11.7. The molecule has 0 saturated carbocycles. The van der Waals surface area contributed by atoms with Crippen molar-refractivity contribution >= 4 is 34.0 Å². The molecular formula is C11H8N4OS2. The summed E-state index contributed by atoms with van der Waals surface area (Å²) in [5, 5.41) is 14.4. The molecule has 0 fully saturated rings. The van der Waals surface area contributed by atoms with E-state index in [0.29, 0.717) is 15.7 Å². The van der Waals surface area contributed by atoms with Gasteiger partial charge in [0.1, 0.15) is 11.1 Å². The first-order valence-corrected chi connectivity index (χ1v) is 6.83. The van der Waals surface area contributed by atoms with Crippen molar-refractivity contribution < 1.29 is 4.79 Å². The molecule has 90 valence electrons. The van der Waals surface area contributed by atoms with E-state index in [1.54, 1.807) is 29.9 Å². The van der Waals surface area contributed by atoms with Gasteiger partial charge < -0.3 is 5.32 Å². The van der Waals surface area contributed by atoms with Crippen molar-refractivity contribution in [1.29, 1.82) is 5.26 Å². The predicted octanol–water partition coefficient (Wildman–Crippen LogP) is 2.14. The topological polar surface area (TPSA) is 78.7 Å². The number of nitrogens with zero attached hydrogens (tertiary/aromatic N) is 3. The molecule has 2 heterocycles. The van der Waals surface area contributed by atoms with Crippen molar-refractivity contribution in [1.82, 2.24) is 9.97 Å². The van der Waals surface area contributed by atoms with Crippen LogP contribution in [0.1, 0.15) is 5.56 Å². The third-order valence-corrected chi connectivity index (χ3v) is 3.62. The van der Waals surface area contributed by atoms with Gasteiger partial charge in [0.25, 0.3) is 0 Å². The molecule has 2 aromatic heterocycles. The number of thiophene rings is 1. The molecule has 5 nitrogen and oxygen atoms in total. The Kier molecular flexibility index (Phi) is 4.28. The van der Waals surface area contributed by atoms with Crippen LogP contribution in [0.2, 0.25) is 0 Å².